The molecular weight excluding hydrogens is 236 g/mol. The van der Waals surface area contributed by atoms with Crippen LogP contribution in [0.2, 0.25) is 0 Å². The Balaban J connectivity index is 1.89. The Bertz CT molecular complexity index is 498. The van der Waals surface area contributed by atoms with Gasteiger partial charge in [0.25, 0.3) is 0 Å². The molecule has 1 fully saturated rings. The van der Waals surface area contributed by atoms with E-state index in [-0.39, 0.29) is 17.9 Å². The highest BCUT2D eigenvalue weighted by atomic mass is 16.2. The zero-order chi connectivity index (χ0) is 13.4. The van der Waals surface area contributed by atoms with Gasteiger partial charge in [-0.3, -0.25) is 4.79 Å². The number of fused-ring (bicyclic) bond motifs is 1. The van der Waals surface area contributed by atoms with Crippen molar-refractivity contribution in [2.24, 2.45) is 11.7 Å². The fraction of sp³-hybridized carbons (Fsp3) is 0.562. The van der Waals surface area contributed by atoms with Crippen LogP contribution in [0.15, 0.2) is 18.2 Å². The van der Waals surface area contributed by atoms with Crippen LogP contribution < -0.4 is 10.6 Å². The van der Waals surface area contributed by atoms with Gasteiger partial charge in [-0.2, -0.15) is 0 Å². The largest absolute Gasteiger partial charge is 0.327 e. The van der Waals surface area contributed by atoms with E-state index in [4.69, 9.17) is 5.73 Å². The van der Waals surface area contributed by atoms with Gasteiger partial charge in [0.15, 0.2) is 0 Å². The van der Waals surface area contributed by atoms with Crippen molar-refractivity contribution >= 4 is 11.6 Å². The first kappa shape index (κ1) is 12.7. The first-order valence-corrected chi connectivity index (χ1v) is 7.33. The second-order valence-corrected chi connectivity index (χ2v) is 5.93. The minimum Gasteiger partial charge on any atom is -0.327 e. The number of nitrogens with two attached hydrogens (primary N) is 1. The molecule has 2 atom stereocenters. The third kappa shape index (κ3) is 2.27. The number of benzene rings is 1. The predicted octanol–water partition coefficient (Wildman–Crippen LogP) is 2.40. The van der Waals surface area contributed by atoms with Crippen molar-refractivity contribution in [2.45, 2.75) is 45.1 Å². The molecular formula is C16H22N2O. The van der Waals surface area contributed by atoms with Gasteiger partial charge in [0.05, 0.1) is 5.92 Å². The average Bonchev–Trinajstić information content (AvgIpc) is 2.83. The van der Waals surface area contributed by atoms with E-state index < -0.39 is 0 Å². The molecule has 0 spiro atoms. The summed E-state index contributed by atoms with van der Waals surface area (Å²) >= 11 is 0. The molecule has 1 aliphatic heterocycles. The Morgan fingerprint density at radius 2 is 2.16 bits per heavy atom. The zero-order valence-corrected chi connectivity index (χ0v) is 11.6. The summed E-state index contributed by atoms with van der Waals surface area (Å²) in [4.78, 5) is 14.7. The average molecular weight is 258 g/mol. The molecule has 1 heterocycles. The maximum atomic E-state index is 12.7. The predicted molar refractivity (Wildman–Crippen MR) is 77.2 cm³/mol. The Morgan fingerprint density at radius 1 is 1.32 bits per heavy atom. The maximum absolute atomic E-state index is 12.7. The third-order valence-corrected chi connectivity index (χ3v) is 4.51. The summed E-state index contributed by atoms with van der Waals surface area (Å²) in [6.07, 6.45) is 5.18. The lowest BCUT2D eigenvalue weighted by Crippen LogP contribution is -2.44. The number of carbonyl (C=O) groups excluding carboxylic acids is 1. The van der Waals surface area contributed by atoms with Crippen LogP contribution in [0.5, 0.6) is 0 Å². The molecule has 102 valence electrons. The molecule has 0 bridgehead atoms. The van der Waals surface area contributed by atoms with Crippen LogP contribution in [0.4, 0.5) is 5.69 Å². The number of carbonyl (C=O) groups is 1. The normalized spacial score (nSPS) is 26.3. The van der Waals surface area contributed by atoms with E-state index in [2.05, 4.69) is 25.1 Å². The Hall–Kier alpha value is -1.35. The molecule has 19 heavy (non-hydrogen) atoms. The fourth-order valence-electron chi connectivity index (χ4n) is 3.45. The van der Waals surface area contributed by atoms with Crippen LogP contribution in [0, 0.1) is 12.8 Å². The maximum Gasteiger partial charge on any atom is 0.231 e. The molecule has 0 aromatic heterocycles. The van der Waals surface area contributed by atoms with Crippen molar-refractivity contribution in [2.75, 3.05) is 11.4 Å². The molecule has 3 rings (SSSR count). The molecule has 1 aromatic rings. The summed E-state index contributed by atoms with van der Waals surface area (Å²) in [5.74, 6) is 0.280. The molecule has 3 nitrogen and oxygen atoms in total. The lowest BCUT2D eigenvalue weighted by molar-refractivity contribution is -0.122. The number of rotatable bonds is 1. The molecule has 3 heteroatoms. The second kappa shape index (κ2) is 4.97. The van der Waals surface area contributed by atoms with Crippen molar-refractivity contribution in [1.82, 2.24) is 0 Å². The number of aryl methyl sites for hydroxylation is 2. The molecule has 2 N–H and O–H groups in total. The van der Waals surface area contributed by atoms with Crippen LogP contribution in [0.3, 0.4) is 0 Å². The topological polar surface area (TPSA) is 46.3 Å². The van der Waals surface area contributed by atoms with Gasteiger partial charge >= 0.3 is 0 Å². The van der Waals surface area contributed by atoms with E-state index in [1.165, 1.54) is 11.1 Å². The highest BCUT2D eigenvalue weighted by molar-refractivity contribution is 5.96. The Labute approximate surface area is 114 Å². The first-order chi connectivity index (χ1) is 9.16. The smallest absolute Gasteiger partial charge is 0.231 e. The molecule has 2 aliphatic rings. The van der Waals surface area contributed by atoms with Crippen LogP contribution in [0.1, 0.15) is 36.8 Å². The minimum absolute atomic E-state index is 0.0345. The Kier molecular flexibility index (Phi) is 3.31. The van der Waals surface area contributed by atoms with Crippen molar-refractivity contribution in [3.05, 3.63) is 29.3 Å². The summed E-state index contributed by atoms with van der Waals surface area (Å²) in [5, 5.41) is 0. The number of amides is 1. The van der Waals surface area contributed by atoms with Gasteiger partial charge in [0.1, 0.15) is 0 Å². The number of nitrogens with zero attached hydrogens (tertiary/aromatic N) is 1. The van der Waals surface area contributed by atoms with E-state index in [0.29, 0.717) is 0 Å². The number of hydrogen-bond acceptors (Lipinski definition) is 2. The van der Waals surface area contributed by atoms with Crippen molar-refractivity contribution in [1.29, 1.82) is 0 Å². The first-order valence-electron chi connectivity index (χ1n) is 7.33. The van der Waals surface area contributed by atoms with Gasteiger partial charge in [-0.1, -0.05) is 24.1 Å². The van der Waals surface area contributed by atoms with Gasteiger partial charge in [-0.15, -0.1) is 0 Å². The van der Waals surface area contributed by atoms with Crippen molar-refractivity contribution in [3.8, 4) is 0 Å². The minimum atomic E-state index is 0.0345. The highest BCUT2D eigenvalue weighted by Crippen LogP contribution is 2.32. The highest BCUT2D eigenvalue weighted by Gasteiger charge is 2.35. The Morgan fingerprint density at radius 3 is 2.89 bits per heavy atom. The van der Waals surface area contributed by atoms with E-state index in [1.54, 1.807) is 0 Å². The third-order valence-electron chi connectivity index (χ3n) is 4.51. The molecule has 0 radical (unpaired) electrons. The summed E-state index contributed by atoms with van der Waals surface area (Å²) in [7, 11) is 0. The van der Waals surface area contributed by atoms with Crippen molar-refractivity contribution in [3.63, 3.8) is 0 Å². The van der Waals surface area contributed by atoms with E-state index in [9.17, 15) is 4.79 Å². The van der Waals surface area contributed by atoms with E-state index in [1.807, 2.05) is 4.90 Å². The lowest BCUT2D eigenvalue weighted by Gasteiger charge is -2.32. The fourth-order valence-corrected chi connectivity index (χ4v) is 3.45. The summed E-state index contributed by atoms with van der Waals surface area (Å²) < 4.78 is 0. The van der Waals surface area contributed by atoms with Gasteiger partial charge < -0.3 is 10.6 Å². The van der Waals surface area contributed by atoms with Gasteiger partial charge in [-0.05, 0) is 44.2 Å². The monoisotopic (exact) mass is 258 g/mol. The SMILES string of the molecule is Cc1ccc2c(c1)CCCN2C(=O)C1CCCC1N. The van der Waals surface area contributed by atoms with Gasteiger partial charge in [0, 0.05) is 18.3 Å². The van der Waals surface area contributed by atoms with Crippen LogP contribution in [-0.4, -0.2) is 18.5 Å². The van der Waals surface area contributed by atoms with Crippen LogP contribution in [-0.2, 0) is 11.2 Å². The molecule has 1 saturated carbocycles. The second-order valence-electron chi connectivity index (χ2n) is 5.93. The molecule has 0 saturated heterocycles. The summed E-state index contributed by atoms with van der Waals surface area (Å²) in [6, 6.07) is 6.47. The van der Waals surface area contributed by atoms with Crippen LogP contribution in [0.25, 0.3) is 0 Å². The van der Waals surface area contributed by atoms with Gasteiger partial charge in [0.2, 0.25) is 5.91 Å². The molecule has 1 aliphatic carbocycles. The summed E-state index contributed by atoms with van der Waals surface area (Å²) in [5.41, 5.74) is 9.78. The molecule has 1 aromatic carbocycles. The van der Waals surface area contributed by atoms with E-state index in [0.717, 1.165) is 44.3 Å². The quantitative estimate of drug-likeness (QED) is 0.840. The standard InChI is InChI=1S/C16H22N2O/c1-11-7-8-15-12(10-11)4-3-9-18(15)16(19)13-5-2-6-14(13)17/h7-8,10,13-14H,2-6,9,17H2,1H3. The van der Waals surface area contributed by atoms with Crippen molar-refractivity contribution < 1.29 is 4.79 Å². The van der Waals surface area contributed by atoms with Gasteiger partial charge in [-0.25, -0.2) is 0 Å². The number of anilines is 1. The van der Waals surface area contributed by atoms with E-state index >= 15 is 0 Å². The molecule has 1 amide bonds. The van der Waals surface area contributed by atoms with Crippen LogP contribution >= 0.6 is 0 Å². The summed E-state index contributed by atoms with van der Waals surface area (Å²) in [6.45, 7) is 2.95. The zero-order valence-electron chi connectivity index (χ0n) is 11.6. The number of hydrogen-bond donors (Lipinski definition) is 1. The lowest BCUT2D eigenvalue weighted by atomic mass is 9.96. The molecule has 2 unspecified atom stereocenters.